The van der Waals surface area contributed by atoms with Crippen molar-refractivity contribution in [1.29, 1.82) is 0 Å². The second-order valence-corrected chi connectivity index (χ2v) is 4.64. The van der Waals surface area contributed by atoms with Crippen LogP contribution in [0.2, 0.25) is 0 Å². The van der Waals surface area contributed by atoms with Crippen LogP contribution in [0.1, 0.15) is 13.8 Å². The highest BCUT2D eigenvalue weighted by atomic mass is 16.2. The summed E-state index contributed by atoms with van der Waals surface area (Å²) in [5, 5.41) is 0. The van der Waals surface area contributed by atoms with Gasteiger partial charge in [-0.3, -0.25) is 0 Å². The molecule has 0 N–H and O–H groups in total. The zero-order chi connectivity index (χ0) is 10.3. The van der Waals surface area contributed by atoms with Crippen LogP contribution in [0.3, 0.4) is 0 Å². The Morgan fingerprint density at radius 1 is 1.29 bits per heavy atom. The van der Waals surface area contributed by atoms with E-state index in [0.29, 0.717) is 12.1 Å². The summed E-state index contributed by atoms with van der Waals surface area (Å²) in [6.07, 6.45) is 0. The first kappa shape index (κ1) is 9.77. The number of urea groups is 1. The first-order valence-electron chi connectivity index (χ1n) is 5.35. The third-order valence-corrected chi connectivity index (χ3v) is 3.18. The van der Waals surface area contributed by atoms with Crippen molar-refractivity contribution in [3.8, 4) is 0 Å². The normalized spacial score (nSPS) is 25.0. The first-order valence-corrected chi connectivity index (χ1v) is 5.35. The van der Waals surface area contributed by atoms with E-state index in [9.17, 15) is 4.79 Å². The van der Waals surface area contributed by atoms with E-state index in [2.05, 4.69) is 25.8 Å². The van der Waals surface area contributed by atoms with Crippen molar-refractivity contribution in [1.82, 2.24) is 14.7 Å². The number of rotatable bonds is 2. The minimum Gasteiger partial charge on any atom is -0.320 e. The molecule has 4 heteroatoms. The van der Waals surface area contributed by atoms with Crippen LogP contribution >= 0.6 is 0 Å². The number of hydrogen-bond acceptors (Lipinski definition) is 2. The van der Waals surface area contributed by atoms with E-state index in [1.54, 1.807) is 0 Å². The van der Waals surface area contributed by atoms with Crippen molar-refractivity contribution in [2.75, 3.05) is 33.2 Å². The second kappa shape index (κ2) is 3.42. The van der Waals surface area contributed by atoms with Gasteiger partial charge in [0.2, 0.25) is 0 Å². The smallest absolute Gasteiger partial charge is 0.320 e. The van der Waals surface area contributed by atoms with Crippen molar-refractivity contribution in [3.63, 3.8) is 0 Å². The molecule has 0 radical (unpaired) electrons. The molecule has 0 unspecified atom stereocenters. The maximum absolute atomic E-state index is 11.9. The van der Waals surface area contributed by atoms with Gasteiger partial charge in [0.15, 0.2) is 0 Å². The van der Waals surface area contributed by atoms with E-state index < -0.39 is 0 Å². The average Bonchev–Trinajstić information content (AvgIpc) is 2.41. The molecule has 2 amide bonds. The molecule has 2 aliphatic rings. The number of carbonyl (C=O) groups excluding carboxylic acids is 1. The highest BCUT2D eigenvalue weighted by molar-refractivity contribution is 5.77. The van der Waals surface area contributed by atoms with Crippen LogP contribution in [0.5, 0.6) is 0 Å². The first-order chi connectivity index (χ1) is 6.59. The lowest BCUT2D eigenvalue weighted by atomic mass is 10.1. The van der Waals surface area contributed by atoms with Crippen molar-refractivity contribution in [3.05, 3.63) is 0 Å². The number of likely N-dealkylation sites (N-methyl/N-ethyl adjacent to an activating group) is 1. The van der Waals surface area contributed by atoms with Crippen molar-refractivity contribution < 1.29 is 4.79 Å². The fraction of sp³-hybridized carbons (Fsp3) is 0.900. The fourth-order valence-electron chi connectivity index (χ4n) is 2.25. The average molecular weight is 197 g/mol. The van der Waals surface area contributed by atoms with Crippen LogP contribution in [0, 0.1) is 0 Å². The Labute approximate surface area is 85.5 Å². The highest BCUT2D eigenvalue weighted by Gasteiger charge is 2.38. The molecule has 2 fully saturated rings. The van der Waals surface area contributed by atoms with Crippen molar-refractivity contribution >= 4 is 6.03 Å². The van der Waals surface area contributed by atoms with Gasteiger partial charge in [0, 0.05) is 32.2 Å². The molecule has 0 bridgehead atoms. The minimum absolute atomic E-state index is 0.234. The Balaban J connectivity index is 1.94. The zero-order valence-electron chi connectivity index (χ0n) is 9.23. The SMILES string of the molecule is CC(C)N1CCN(C2CN(C)C2)C1=O. The summed E-state index contributed by atoms with van der Waals surface area (Å²) in [6, 6.07) is 1.04. The number of hydrogen-bond donors (Lipinski definition) is 0. The number of carbonyl (C=O) groups is 1. The molecule has 2 aliphatic heterocycles. The molecule has 0 spiro atoms. The number of likely N-dealkylation sites (tertiary alicyclic amines) is 1. The molecular weight excluding hydrogens is 178 g/mol. The van der Waals surface area contributed by atoms with Gasteiger partial charge in [0.05, 0.1) is 6.04 Å². The van der Waals surface area contributed by atoms with Gasteiger partial charge >= 0.3 is 6.03 Å². The summed E-state index contributed by atoms with van der Waals surface area (Å²) in [6.45, 7) is 8.05. The van der Waals surface area contributed by atoms with Crippen LogP contribution in [0.4, 0.5) is 4.79 Å². The molecule has 2 heterocycles. The summed E-state index contributed by atoms with van der Waals surface area (Å²) in [5.41, 5.74) is 0. The molecule has 0 aromatic rings. The van der Waals surface area contributed by atoms with E-state index >= 15 is 0 Å². The molecule has 14 heavy (non-hydrogen) atoms. The Morgan fingerprint density at radius 2 is 1.93 bits per heavy atom. The molecular formula is C10H19N3O. The van der Waals surface area contributed by atoms with Crippen LogP contribution in [-0.4, -0.2) is 66.0 Å². The summed E-state index contributed by atoms with van der Waals surface area (Å²) in [7, 11) is 2.09. The zero-order valence-corrected chi connectivity index (χ0v) is 9.23. The van der Waals surface area contributed by atoms with Gasteiger partial charge in [-0.1, -0.05) is 0 Å². The second-order valence-electron chi connectivity index (χ2n) is 4.64. The standard InChI is InChI=1S/C10H19N3O/c1-8(2)12-4-5-13(10(12)14)9-6-11(3)7-9/h8-9H,4-7H2,1-3H3. The van der Waals surface area contributed by atoms with Gasteiger partial charge in [-0.25, -0.2) is 4.79 Å². The lowest BCUT2D eigenvalue weighted by Gasteiger charge is -2.41. The summed E-state index contributed by atoms with van der Waals surface area (Å²) >= 11 is 0. The predicted molar refractivity (Wildman–Crippen MR) is 55.2 cm³/mol. The van der Waals surface area contributed by atoms with Gasteiger partial charge in [0.25, 0.3) is 0 Å². The van der Waals surface area contributed by atoms with Crippen molar-refractivity contribution in [2.24, 2.45) is 0 Å². The lowest BCUT2D eigenvalue weighted by molar-refractivity contribution is 0.0820. The van der Waals surface area contributed by atoms with E-state index in [1.165, 1.54) is 0 Å². The Hall–Kier alpha value is -0.770. The summed E-state index contributed by atoms with van der Waals surface area (Å²) < 4.78 is 0. The molecule has 0 aromatic carbocycles. The molecule has 0 atom stereocenters. The molecule has 2 rings (SSSR count). The quantitative estimate of drug-likeness (QED) is 0.642. The van der Waals surface area contributed by atoms with Crippen LogP contribution < -0.4 is 0 Å². The van der Waals surface area contributed by atoms with Crippen LogP contribution in [0.15, 0.2) is 0 Å². The number of amides is 2. The van der Waals surface area contributed by atoms with E-state index in [4.69, 9.17) is 0 Å². The Kier molecular flexibility index (Phi) is 2.39. The number of nitrogens with zero attached hydrogens (tertiary/aromatic N) is 3. The van der Waals surface area contributed by atoms with E-state index in [-0.39, 0.29) is 6.03 Å². The minimum atomic E-state index is 0.234. The molecule has 80 valence electrons. The molecule has 0 saturated carbocycles. The van der Waals surface area contributed by atoms with Gasteiger partial charge < -0.3 is 14.7 Å². The maximum atomic E-state index is 11.9. The fourth-order valence-corrected chi connectivity index (χ4v) is 2.25. The van der Waals surface area contributed by atoms with Gasteiger partial charge in [-0.05, 0) is 20.9 Å². The largest absolute Gasteiger partial charge is 0.320 e. The van der Waals surface area contributed by atoms with E-state index in [0.717, 1.165) is 26.2 Å². The third-order valence-electron chi connectivity index (χ3n) is 3.18. The summed E-state index contributed by atoms with van der Waals surface area (Å²) in [5.74, 6) is 0. The highest BCUT2D eigenvalue weighted by Crippen LogP contribution is 2.20. The van der Waals surface area contributed by atoms with Crippen LogP contribution in [-0.2, 0) is 0 Å². The van der Waals surface area contributed by atoms with E-state index in [1.807, 2.05) is 9.80 Å². The maximum Gasteiger partial charge on any atom is 0.320 e. The third kappa shape index (κ3) is 1.47. The monoisotopic (exact) mass is 197 g/mol. The Morgan fingerprint density at radius 3 is 2.36 bits per heavy atom. The molecule has 0 aliphatic carbocycles. The lowest BCUT2D eigenvalue weighted by Crippen LogP contribution is -2.58. The van der Waals surface area contributed by atoms with Gasteiger partial charge in [0.1, 0.15) is 0 Å². The molecule has 4 nitrogen and oxygen atoms in total. The molecule has 0 aromatic heterocycles. The van der Waals surface area contributed by atoms with Gasteiger partial charge in [-0.15, -0.1) is 0 Å². The topological polar surface area (TPSA) is 26.8 Å². The van der Waals surface area contributed by atoms with Crippen molar-refractivity contribution in [2.45, 2.75) is 25.9 Å². The predicted octanol–water partition coefficient (Wildman–Crippen LogP) is 0.446. The van der Waals surface area contributed by atoms with Gasteiger partial charge in [-0.2, -0.15) is 0 Å². The van der Waals surface area contributed by atoms with Crippen LogP contribution in [0.25, 0.3) is 0 Å². The Bertz CT molecular complexity index is 236. The summed E-state index contributed by atoms with van der Waals surface area (Å²) in [4.78, 5) is 18.2. The molecule has 2 saturated heterocycles.